The van der Waals surface area contributed by atoms with Crippen molar-refractivity contribution in [1.29, 1.82) is 0 Å². The Labute approximate surface area is 98.5 Å². The third kappa shape index (κ3) is 3.34. The number of nitrogens with zero attached hydrogens (tertiary/aromatic N) is 2. The molecule has 1 heterocycles. The standard InChI is InChI=1S/C13H24N2O/c1-5-8-13(16,6-2)10-12-7-9-15(14-12)11(3)4/h7,9,11,16H,5-6,8,10H2,1-4H3. The van der Waals surface area contributed by atoms with Crippen molar-refractivity contribution in [3.05, 3.63) is 18.0 Å². The molecule has 1 atom stereocenters. The second-order valence-electron chi connectivity index (χ2n) is 4.89. The highest BCUT2D eigenvalue weighted by atomic mass is 16.3. The highest BCUT2D eigenvalue weighted by molar-refractivity contribution is 5.04. The SMILES string of the molecule is CCCC(O)(CC)Cc1ccn(C(C)C)n1. The van der Waals surface area contributed by atoms with Gasteiger partial charge in [0.15, 0.2) is 0 Å². The molecule has 0 radical (unpaired) electrons. The van der Waals surface area contributed by atoms with E-state index in [9.17, 15) is 5.11 Å². The van der Waals surface area contributed by atoms with Crippen LogP contribution in [-0.4, -0.2) is 20.5 Å². The van der Waals surface area contributed by atoms with Crippen molar-refractivity contribution >= 4 is 0 Å². The molecule has 0 amide bonds. The van der Waals surface area contributed by atoms with Gasteiger partial charge in [0.2, 0.25) is 0 Å². The van der Waals surface area contributed by atoms with Gasteiger partial charge in [0.05, 0.1) is 11.3 Å². The zero-order chi connectivity index (χ0) is 12.2. The zero-order valence-corrected chi connectivity index (χ0v) is 10.9. The molecule has 92 valence electrons. The lowest BCUT2D eigenvalue weighted by Gasteiger charge is -2.25. The highest BCUT2D eigenvalue weighted by Gasteiger charge is 2.25. The molecule has 16 heavy (non-hydrogen) atoms. The van der Waals surface area contributed by atoms with Crippen LogP contribution in [0.3, 0.4) is 0 Å². The van der Waals surface area contributed by atoms with Gasteiger partial charge in [-0.1, -0.05) is 20.3 Å². The van der Waals surface area contributed by atoms with Crippen molar-refractivity contribution < 1.29 is 5.11 Å². The van der Waals surface area contributed by atoms with Crippen LogP contribution in [-0.2, 0) is 6.42 Å². The second kappa shape index (κ2) is 5.48. The number of hydrogen-bond donors (Lipinski definition) is 1. The second-order valence-corrected chi connectivity index (χ2v) is 4.89. The maximum absolute atomic E-state index is 10.4. The van der Waals surface area contributed by atoms with Crippen LogP contribution in [0.2, 0.25) is 0 Å². The van der Waals surface area contributed by atoms with Gasteiger partial charge in [-0.3, -0.25) is 4.68 Å². The molecule has 0 bridgehead atoms. The third-order valence-electron chi connectivity index (χ3n) is 3.08. The van der Waals surface area contributed by atoms with Gasteiger partial charge < -0.3 is 5.11 Å². The Balaban J connectivity index is 2.70. The Morgan fingerprint density at radius 2 is 2.12 bits per heavy atom. The number of aromatic nitrogens is 2. The molecule has 0 aliphatic carbocycles. The van der Waals surface area contributed by atoms with Crippen molar-refractivity contribution in [1.82, 2.24) is 9.78 Å². The van der Waals surface area contributed by atoms with Crippen LogP contribution in [0.1, 0.15) is 58.7 Å². The summed E-state index contributed by atoms with van der Waals surface area (Å²) >= 11 is 0. The van der Waals surface area contributed by atoms with E-state index in [0.29, 0.717) is 12.5 Å². The first kappa shape index (κ1) is 13.2. The lowest BCUT2D eigenvalue weighted by atomic mass is 9.90. The number of aliphatic hydroxyl groups is 1. The molecule has 1 unspecified atom stereocenters. The smallest absolute Gasteiger partial charge is 0.0701 e. The Morgan fingerprint density at radius 3 is 2.56 bits per heavy atom. The summed E-state index contributed by atoms with van der Waals surface area (Å²) in [6.07, 6.45) is 5.29. The topological polar surface area (TPSA) is 38.0 Å². The van der Waals surface area contributed by atoms with E-state index in [4.69, 9.17) is 0 Å². The largest absolute Gasteiger partial charge is 0.389 e. The predicted molar refractivity (Wildman–Crippen MR) is 66.5 cm³/mol. The van der Waals surface area contributed by atoms with E-state index < -0.39 is 5.60 Å². The van der Waals surface area contributed by atoms with Crippen LogP contribution < -0.4 is 0 Å². The fourth-order valence-electron chi connectivity index (χ4n) is 1.95. The molecule has 1 N–H and O–H groups in total. The van der Waals surface area contributed by atoms with Gasteiger partial charge in [-0.05, 0) is 32.8 Å². The van der Waals surface area contributed by atoms with Crippen LogP contribution in [0.4, 0.5) is 0 Å². The molecule has 0 saturated heterocycles. The molecule has 0 aliphatic heterocycles. The summed E-state index contributed by atoms with van der Waals surface area (Å²) in [5, 5.41) is 14.9. The van der Waals surface area contributed by atoms with Crippen molar-refractivity contribution in [2.24, 2.45) is 0 Å². The van der Waals surface area contributed by atoms with Crippen molar-refractivity contribution in [2.75, 3.05) is 0 Å². The Bertz CT molecular complexity index is 319. The Morgan fingerprint density at radius 1 is 1.44 bits per heavy atom. The highest BCUT2D eigenvalue weighted by Crippen LogP contribution is 2.22. The molecule has 0 aromatic carbocycles. The van der Waals surface area contributed by atoms with Crippen LogP contribution in [0.15, 0.2) is 12.3 Å². The van der Waals surface area contributed by atoms with Crippen LogP contribution in [0.25, 0.3) is 0 Å². The molecule has 0 fully saturated rings. The predicted octanol–water partition coefficient (Wildman–Crippen LogP) is 2.95. The monoisotopic (exact) mass is 224 g/mol. The number of rotatable bonds is 6. The van der Waals surface area contributed by atoms with Crippen molar-refractivity contribution in [2.45, 2.75) is 65.0 Å². The fraction of sp³-hybridized carbons (Fsp3) is 0.769. The summed E-state index contributed by atoms with van der Waals surface area (Å²) in [6.45, 7) is 8.35. The molecule has 1 aromatic rings. The van der Waals surface area contributed by atoms with Gasteiger partial charge in [-0.15, -0.1) is 0 Å². The van der Waals surface area contributed by atoms with E-state index >= 15 is 0 Å². The maximum Gasteiger partial charge on any atom is 0.0701 e. The van der Waals surface area contributed by atoms with Crippen molar-refractivity contribution in [3.63, 3.8) is 0 Å². The summed E-state index contributed by atoms with van der Waals surface area (Å²) < 4.78 is 1.94. The van der Waals surface area contributed by atoms with Crippen LogP contribution >= 0.6 is 0 Å². The van der Waals surface area contributed by atoms with E-state index in [1.165, 1.54) is 0 Å². The van der Waals surface area contributed by atoms with Gasteiger partial charge in [0.25, 0.3) is 0 Å². The summed E-state index contributed by atoms with van der Waals surface area (Å²) in [7, 11) is 0. The van der Waals surface area contributed by atoms with Gasteiger partial charge in [-0.2, -0.15) is 5.10 Å². The van der Waals surface area contributed by atoms with Gasteiger partial charge in [0.1, 0.15) is 0 Å². The minimum atomic E-state index is -0.578. The molecule has 3 heteroatoms. The van der Waals surface area contributed by atoms with E-state index in [1.807, 2.05) is 23.9 Å². The first-order valence-corrected chi connectivity index (χ1v) is 6.27. The average Bonchev–Trinajstić information content (AvgIpc) is 2.66. The van der Waals surface area contributed by atoms with E-state index in [1.54, 1.807) is 0 Å². The molecule has 0 aliphatic rings. The molecule has 3 nitrogen and oxygen atoms in total. The van der Waals surface area contributed by atoms with Gasteiger partial charge in [-0.25, -0.2) is 0 Å². The summed E-state index contributed by atoms with van der Waals surface area (Å²) in [6, 6.07) is 2.39. The van der Waals surface area contributed by atoms with Crippen LogP contribution in [0, 0.1) is 0 Å². The molecule has 0 spiro atoms. The quantitative estimate of drug-likeness (QED) is 0.806. The van der Waals surface area contributed by atoms with E-state index in [2.05, 4.69) is 25.9 Å². The molecule has 1 rings (SSSR count). The minimum absolute atomic E-state index is 0.384. The maximum atomic E-state index is 10.4. The normalized spacial score (nSPS) is 15.4. The van der Waals surface area contributed by atoms with Crippen LogP contribution in [0.5, 0.6) is 0 Å². The zero-order valence-electron chi connectivity index (χ0n) is 10.9. The molecule has 0 saturated carbocycles. The average molecular weight is 224 g/mol. The number of hydrogen-bond acceptors (Lipinski definition) is 2. The van der Waals surface area contributed by atoms with E-state index in [-0.39, 0.29) is 0 Å². The van der Waals surface area contributed by atoms with Gasteiger partial charge >= 0.3 is 0 Å². The summed E-state index contributed by atoms with van der Waals surface area (Å²) in [5.41, 5.74) is 0.414. The first-order valence-electron chi connectivity index (χ1n) is 6.27. The Hall–Kier alpha value is -0.830. The molecular formula is C13H24N2O. The lowest BCUT2D eigenvalue weighted by Crippen LogP contribution is -2.30. The third-order valence-corrected chi connectivity index (χ3v) is 3.08. The summed E-state index contributed by atoms with van der Waals surface area (Å²) in [5.74, 6) is 0. The Kier molecular flexibility index (Phi) is 4.54. The van der Waals surface area contributed by atoms with Crippen molar-refractivity contribution in [3.8, 4) is 0 Å². The summed E-state index contributed by atoms with van der Waals surface area (Å²) in [4.78, 5) is 0. The minimum Gasteiger partial charge on any atom is -0.389 e. The van der Waals surface area contributed by atoms with E-state index in [0.717, 1.165) is 25.0 Å². The van der Waals surface area contributed by atoms with Gasteiger partial charge in [0, 0.05) is 18.7 Å². The lowest BCUT2D eigenvalue weighted by molar-refractivity contribution is 0.0260. The first-order chi connectivity index (χ1) is 7.50. The fourth-order valence-corrected chi connectivity index (χ4v) is 1.95. The molecule has 1 aromatic heterocycles. The molecular weight excluding hydrogens is 200 g/mol.